The minimum absolute atomic E-state index is 0.0405. The van der Waals surface area contributed by atoms with E-state index in [1.165, 1.54) is 11.3 Å². The molecule has 0 fully saturated rings. The van der Waals surface area contributed by atoms with Gasteiger partial charge < -0.3 is 10.4 Å². The number of carbonyl (C=O) groups excluding carboxylic acids is 1. The highest BCUT2D eigenvalue weighted by Crippen LogP contribution is 2.29. The van der Waals surface area contributed by atoms with Gasteiger partial charge in [0.2, 0.25) is 5.95 Å². The summed E-state index contributed by atoms with van der Waals surface area (Å²) in [6.45, 7) is 5.67. The largest absolute Gasteiger partial charge is 0.393 e. The number of pyridine rings is 1. The van der Waals surface area contributed by atoms with E-state index in [1.807, 2.05) is 32.0 Å². The molecule has 0 aliphatic carbocycles. The molecule has 2 atom stereocenters. The zero-order chi connectivity index (χ0) is 18.7. The first-order valence-electron chi connectivity index (χ1n) is 8.60. The van der Waals surface area contributed by atoms with Gasteiger partial charge in [0.1, 0.15) is 5.69 Å². The van der Waals surface area contributed by atoms with Gasteiger partial charge >= 0.3 is 0 Å². The van der Waals surface area contributed by atoms with Gasteiger partial charge in [-0.3, -0.25) is 9.78 Å². The first kappa shape index (κ1) is 18.4. The van der Waals surface area contributed by atoms with Crippen LogP contribution in [0.25, 0.3) is 10.2 Å². The maximum absolute atomic E-state index is 12.6. The fourth-order valence-corrected chi connectivity index (χ4v) is 3.63. The molecule has 3 rings (SSSR count). The van der Waals surface area contributed by atoms with Crippen LogP contribution >= 0.6 is 11.3 Å². The number of rotatable bonds is 7. The fraction of sp³-hybridized carbons (Fsp3) is 0.368. The standard InChI is InChI=1S/C19H22N4O2S/c1-11(24)6-7-16(25)17-18-15(9-12(2)26-18)22-19(23-17)21-13(3)14-5-4-8-20-10-14/h4-5,8-11,13,24H,6-7H2,1-3H3,(H,21,22,23)/t11-,13-/m0/s1. The van der Waals surface area contributed by atoms with Gasteiger partial charge in [0.25, 0.3) is 0 Å². The molecule has 0 spiro atoms. The summed E-state index contributed by atoms with van der Waals surface area (Å²) in [5, 5.41) is 12.7. The number of aliphatic hydroxyl groups is 1. The highest BCUT2D eigenvalue weighted by atomic mass is 32.1. The summed E-state index contributed by atoms with van der Waals surface area (Å²) in [4.78, 5) is 26.9. The lowest BCUT2D eigenvalue weighted by Crippen LogP contribution is -2.13. The van der Waals surface area contributed by atoms with Gasteiger partial charge in [-0.2, -0.15) is 0 Å². The minimum Gasteiger partial charge on any atom is -0.393 e. The van der Waals surface area contributed by atoms with Crippen molar-refractivity contribution in [3.63, 3.8) is 0 Å². The summed E-state index contributed by atoms with van der Waals surface area (Å²) in [5.74, 6) is 0.351. The molecule has 26 heavy (non-hydrogen) atoms. The van der Waals surface area contributed by atoms with E-state index >= 15 is 0 Å². The number of anilines is 1. The lowest BCUT2D eigenvalue weighted by Gasteiger charge is -2.14. The lowest BCUT2D eigenvalue weighted by molar-refractivity contribution is 0.0946. The van der Waals surface area contributed by atoms with Crippen molar-refractivity contribution >= 4 is 33.3 Å². The van der Waals surface area contributed by atoms with Gasteiger partial charge in [0.05, 0.1) is 22.4 Å². The second-order valence-electron chi connectivity index (χ2n) is 6.43. The molecule has 136 valence electrons. The van der Waals surface area contributed by atoms with Gasteiger partial charge in [-0.1, -0.05) is 6.07 Å². The monoisotopic (exact) mass is 370 g/mol. The third-order valence-corrected chi connectivity index (χ3v) is 5.12. The lowest BCUT2D eigenvalue weighted by atomic mass is 10.1. The van der Waals surface area contributed by atoms with Crippen LogP contribution in [-0.4, -0.2) is 31.9 Å². The molecule has 3 aromatic heterocycles. The number of thiophene rings is 1. The van der Waals surface area contributed by atoms with Crippen LogP contribution < -0.4 is 5.32 Å². The summed E-state index contributed by atoms with van der Waals surface area (Å²) in [5.41, 5.74) is 2.21. The average Bonchev–Trinajstić information content (AvgIpc) is 2.99. The Labute approximate surface area is 156 Å². The quantitative estimate of drug-likeness (QED) is 0.613. The Morgan fingerprint density at radius 3 is 2.85 bits per heavy atom. The van der Waals surface area contributed by atoms with Crippen LogP contribution in [0.3, 0.4) is 0 Å². The molecule has 0 radical (unpaired) electrons. The predicted molar refractivity (Wildman–Crippen MR) is 104 cm³/mol. The Kier molecular flexibility index (Phi) is 5.58. The van der Waals surface area contributed by atoms with E-state index in [1.54, 1.807) is 19.3 Å². The summed E-state index contributed by atoms with van der Waals surface area (Å²) >= 11 is 1.52. The minimum atomic E-state index is -0.510. The number of aryl methyl sites for hydroxylation is 1. The molecule has 0 aliphatic heterocycles. The van der Waals surface area contributed by atoms with Gasteiger partial charge in [-0.15, -0.1) is 11.3 Å². The Hall–Kier alpha value is -2.38. The van der Waals surface area contributed by atoms with Gasteiger partial charge in [-0.25, -0.2) is 9.97 Å². The molecule has 3 aromatic rings. The summed E-state index contributed by atoms with van der Waals surface area (Å²) in [6.07, 6.45) is 3.69. The smallest absolute Gasteiger partial charge is 0.224 e. The van der Waals surface area contributed by atoms with Crippen molar-refractivity contribution < 1.29 is 9.90 Å². The van der Waals surface area contributed by atoms with Gasteiger partial charge in [0.15, 0.2) is 5.78 Å². The first-order chi connectivity index (χ1) is 12.4. The van der Waals surface area contributed by atoms with E-state index in [4.69, 9.17) is 0 Å². The number of nitrogens with one attached hydrogen (secondary N) is 1. The number of carbonyl (C=O) groups is 1. The number of fused-ring (bicyclic) bond motifs is 1. The maximum Gasteiger partial charge on any atom is 0.224 e. The Bertz CT molecular complexity index is 909. The molecular formula is C19H22N4O2S. The number of Topliss-reactive ketones (excluding diaryl/α,β-unsaturated/α-hetero) is 1. The molecule has 7 heteroatoms. The third-order valence-electron chi connectivity index (χ3n) is 4.08. The molecule has 0 aliphatic rings. The maximum atomic E-state index is 12.6. The van der Waals surface area contributed by atoms with Crippen molar-refractivity contribution in [2.24, 2.45) is 0 Å². The SMILES string of the molecule is Cc1cc2nc(N[C@@H](C)c3cccnc3)nc(C(=O)CC[C@H](C)O)c2s1. The Morgan fingerprint density at radius 1 is 1.35 bits per heavy atom. The van der Waals surface area contributed by atoms with Crippen molar-refractivity contribution in [1.82, 2.24) is 15.0 Å². The normalized spacial score (nSPS) is 13.5. The highest BCUT2D eigenvalue weighted by Gasteiger charge is 2.18. The number of aromatic nitrogens is 3. The summed E-state index contributed by atoms with van der Waals surface area (Å²) in [6, 6.07) is 5.78. The molecule has 0 saturated carbocycles. The molecule has 6 nitrogen and oxygen atoms in total. The summed E-state index contributed by atoms with van der Waals surface area (Å²) < 4.78 is 0.803. The first-order valence-corrected chi connectivity index (χ1v) is 9.41. The third kappa shape index (κ3) is 4.23. The van der Waals surface area contributed by atoms with Crippen LogP contribution in [0.4, 0.5) is 5.95 Å². The zero-order valence-electron chi connectivity index (χ0n) is 15.1. The van der Waals surface area contributed by atoms with Crippen molar-refractivity contribution in [2.75, 3.05) is 5.32 Å². The van der Waals surface area contributed by atoms with Crippen molar-refractivity contribution in [3.8, 4) is 0 Å². The molecule has 2 N–H and O–H groups in total. The number of ketones is 1. The number of hydrogen-bond acceptors (Lipinski definition) is 7. The Balaban J connectivity index is 1.92. The van der Waals surface area contributed by atoms with Gasteiger partial charge in [-0.05, 0) is 44.9 Å². The van der Waals surface area contributed by atoms with E-state index in [0.29, 0.717) is 18.1 Å². The van der Waals surface area contributed by atoms with Crippen molar-refractivity contribution in [3.05, 3.63) is 46.7 Å². The van der Waals surface area contributed by atoms with Crippen LogP contribution in [0.5, 0.6) is 0 Å². The number of hydrogen-bond donors (Lipinski definition) is 2. The van der Waals surface area contributed by atoms with Crippen LogP contribution in [0.2, 0.25) is 0 Å². The fourth-order valence-electron chi connectivity index (χ4n) is 2.67. The Morgan fingerprint density at radius 2 is 2.15 bits per heavy atom. The second-order valence-corrected chi connectivity index (χ2v) is 7.69. The molecular weight excluding hydrogens is 348 g/mol. The highest BCUT2D eigenvalue weighted by molar-refractivity contribution is 7.19. The molecule has 0 saturated heterocycles. The molecule has 0 unspecified atom stereocenters. The van der Waals surface area contributed by atoms with Crippen LogP contribution in [0.15, 0.2) is 30.6 Å². The van der Waals surface area contributed by atoms with E-state index < -0.39 is 6.10 Å². The second kappa shape index (κ2) is 7.88. The van der Waals surface area contributed by atoms with Crippen molar-refractivity contribution in [2.45, 2.75) is 45.8 Å². The van der Waals surface area contributed by atoms with E-state index in [9.17, 15) is 9.90 Å². The zero-order valence-corrected chi connectivity index (χ0v) is 15.9. The predicted octanol–water partition coefficient (Wildman–Crippen LogP) is 3.91. The van der Waals surface area contributed by atoms with Crippen LogP contribution in [0.1, 0.15) is 53.7 Å². The topological polar surface area (TPSA) is 88.0 Å². The van der Waals surface area contributed by atoms with Crippen LogP contribution in [0, 0.1) is 6.92 Å². The molecule has 0 aromatic carbocycles. The van der Waals surface area contributed by atoms with Crippen LogP contribution in [-0.2, 0) is 0 Å². The number of aliphatic hydroxyl groups excluding tert-OH is 1. The van der Waals surface area contributed by atoms with E-state index in [0.717, 1.165) is 20.7 Å². The molecule has 0 bridgehead atoms. The van der Waals surface area contributed by atoms with Gasteiger partial charge in [0, 0.05) is 23.7 Å². The molecule has 3 heterocycles. The average molecular weight is 370 g/mol. The van der Waals surface area contributed by atoms with E-state index in [-0.39, 0.29) is 18.2 Å². The van der Waals surface area contributed by atoms with E-state index in [2.05, 4.69) is 20.3 Å². The summed E-state index contributed by atoms with van der Waals surface area (Å²) in [7, 11) is 0. The van der Waals surface area contributed by atoms with Crippen molar-refractivity contribution in [1.29, 1.82) is 0 Å². The number of nitrogens with zero attached hydrogens (tertiary/aromatic N) is 3. The molecule has 0 amide bonds.